The fraction of sp³-hybridized carbons (Fsp3) is 0.500. The number of benzene rings is 1. The van der Waals surface area contributed by atoms with Crippen LogP contribution in [-0.4, -0.2) is 7.11 Å². The topological polar surface area (TPSA) is 9.23 Å². The first-order valence-electron chi connectivity index (χ1n) is 8.14. The van der Waals surface area contributed by atoms with Gasteiger partial charge in [0.25, 0.3) is 0 Å². The van der Waals surface area contributed by atoms with Crippen molar-refractivity contribution in [2.75, 3.05) is 7.11 Å². The minimum absolute atomic E-state index is 0.553. The van der Waals surface area contributed by atoms with Crippen LogP contribution in [-0.2, 0) is 0 Å². The third-order valence-electron chi connectivity index (χ3n) is 6.28. The number of methoxy groups -OCH3 is 1. The Labute approximate surface area is 127 Å². The monoisotopic (exact) mass is 280 g/mol. The molecule has 4 aliphatic rings. The van der Waals surface area contributed by atoms with Crippen LogP contribution in [0.1, 0.15) is 38.7 Å². The Morgan fingerprint density at radius 2 is 1.90 bits per heavy atom. The molecule has 1 heteroatoms. The molecule has 3 atom stereocenters. The molecule has 2 bridgehead atoms. The summed E-state index contributed by atoms with van der Waals surface area (Å²) in [5, 5.41) is 0. The van der Waals surface area contributed by atoms with Gasteiger partial charge in [-0.15, -0.1) is 0 Å². The largest absolute Gasteiger partial charge is 0.497 e. The Morgan fingerprint density at radius 1 is 1.14 bits per heavy atom. The summed E-state index contributed by atoms with van der Waals surface area (Å²) >= 11 is 0. The third kappa shape index (κ3) is 1.90. The lowest BCUT2D eigenvalue weighted by Gasteiger charge is -2.59. The van der Waals surface area contributed by atoms with E-state index in [1.54, 1.807) is 18.3 Å². The van der Waals surface area contributed by atoms with E-state index < -0.39 is 0 Å². The molecule has 0 amide bonds. The van der Waals surface area contributed by atoms with Crippen molar-refractivity contribution in [3.8, 4) is 5.75 Å². The van der Waals surface area contributed by atoms with Gasteiger partial charge in [-0.05, 0) is 54.2 Å². The SMILES string of the molecule is COc1ccc(/C=C2/CC=C3[C@H]2C[C@H]2C[C@@H]3C2(C)C)cc1. The van der Waals surface area contributed by atoms with Crippen molar-refractivity contribution >= 4 is 6.08 Å². The second kappa shape index (κ2) is 4.50. The first-order chi connectivity index (χ1) is 10.1. The van der Waals surface area contributed by atoms with Gasteiger partial charge < -0.3 is 4.74 Å². The van der Waals surface area contributed by atoms with E-state index in [9.17, 15) is 0 Å². The predicted octanol–water partition coefficient (Wildman–Crippen LogP) is 5.09. The summed E-state index contributed by atoms with van der Waals surface area (Å²) in [5.74, 6) is 3.46. The van der Waals surface area contributed by atoms with E-state index in [0.29, 0.717) is 5.41 Å². The highest BCUT2D eigenvalue weighted by Gasteiger charge is 2.56. The van der Waals surface area contributed by atoms with Crippen LogP contribution in [0.15, 0.2) is 41.5 Å². The van der Waals surface area contributed by atoms with Crippen LogP contribution in [0.5, 0.6) is 5.75 Å². The van der Waals surface area contributed by atoms with Crippen molar-refractivity contribution in [2.24, 2.45) is 23.2 Å². The average molecular weight is 280 g/mol. The lowest BCUT2D eigenvalue weighted by Crippen LogP contribution is -2.51. The number of rotatable bonds is 2. The van der Waals surface area contributed by atoms with Crippen LogP contribution in [0.3, 0.4) is 0 Å². The molecule has 5 rings (SSSR count). The smallest absolute Gasteiger partial charge is 0.118 e. The fourth-order valence-corrected chi connectivity index (χ4v) is 4.75. The van der Waals surface area contributed by atoms with Gasteiger partial charge in [-0.2, -0.15) is 0 Å². The van der Waals surface area contributed by atoms with E-state index in [-0.39, 0.29) is 0 Å². The zero-order valence-corrected chi connectivity index (χ0v) is 13.2. The summed E-state index contributed by atoms with van der Waals surface area (Å²) in [5.41, 5.74) is 5.24. The standard InChI is InChI=1S/C20H24O/c1-20(2)15-11-18-14(6-9-17(18)19(20)12-15)10-13-4-7-16(21-3)8-5-13/h4-5,7-10,15,18-19H,6,11-12H2,1-3H3/b14-10-/t15-,18-,19-/m0/s1. The minimum Gasteiger partial charge on any atom is -0.497 e. The molecule has 1 aromatic rings. The molecule has 1 aromatic carbocycles. The highest BCUT2D eigenvalue weighted by molar-refractivity contribution is 5.58. The molecule has 0 spiro atoms. The third-order valence-corrected chi connectivity index (χ3v) is 6.28. The van der Waals surface area contributed by atoms with Gasteiger partial charge in [0, 0.05) is 5.92 Å². The van der Waals surface area contributed by atoms with Crippen LogP contribution in [0, 0.1) is 23.2 Å². The van der Waals surface area contributed by atoms with Crippen LogP contribution in [0.4, 0.5) is 0 Å². The second-order valence-electron chi connectivity index (χ2n) is 7.50. The van der Waals surface area contributed by atoms with E-state index in [2.05, 4.69) is 50.3 Å². The Balaban J connectivity index is 1.58. The molecule has 0 radical (unpaired) electrons. The van der Waals surface area contributed by atoms with Crippen LogP contribution >= 0.6 is 0 Å². The van der Waals surface area contributed by atoms with Crippen molar-refractivity contribution in [3.63, 3.8) is 0 Å². The van der Waals surface area contributed by atoms with Gasteiger partial charge in [0.05, 0.1) is 7.11 Å². The van der Waals surface area contributed by atoms with Crippen molar-refractivity contribution in [1.29, 1.82) is 0 Å². The first-order valence-corrected chi connectivity index (χ1v) is 8.14. The Morgan fingerprint density at radius 3 is 2.57 bits per heavy atom. The molecular weight excluding hydrogens is 256 g/mol. The maximum Gasteiger partial charge on any atom is 0.118 e. The Bertz CT molecular complexity index is 618. The minimum atomic E-state index is 0.553. The summed E-state index contributed by atoms with van der Waals surface area (Å²) in [6, 6.07) is 8.43. The molecule has 4 aliphatic carbocycles. The molecule has 0 heterocycles. The second-order valence-corrected chi connectivity index (χ2v) is 7.50. The quantitative estimate of drug-likeness (QED) is 0.686. The fourth-order valence-electron chi connectivity index (χ4n) is 4.75. The molecule has 0 aromatic heterocycles. The molecule has 21 heavy (non-hydrogen) atoms. The molecule has 0 aliphatic heterocycles. The first kappa shape index (κ1) is 13.2. The molecule has 3 saturated carbocycles. The summed E-state index contributed by atoms with van der Waals surface area (Å²) in [6.07, 6.45) is 8.90. The van der Waals surface area contributed by atoms with Crippen LogP contribution in [0.25, 0.3) is 6.08 Å². The molecule has 110 valence electrons. The normalized spacial score (nSPS) is 34.1. The molecule has 0 N–H and O–H groups in total. The van der Waals surface area contributed by atoms with Crippen molar-refractivity contribution in [3.05, 3.63) is 47.1 Å². The number of allylic oxidation sites excluding steroid dienone is 3. The highest BCUT2D eigenvalue weighted by atomic mass is 16.5. The van der Waals surface area contributed by atoms with Gasteiger partial charge in [-0.25, -0.2) is 0 Å². The van der Waals surface area contributed by atoms with E-state index in [0.717, 1.165) is 29.9 Å². The van der Waals surface area contributed by atoms with Gasteiger partial charge in [0.15, 0.2) is 0 Å². The summed E-state index contributed by atoms with van der Waals surface area (Å²) < 4.78 is 5.24. The number of hydrogen-bond donors (Lipinski definition) is 0. The Kier molecular flexibility index (Phi) is 2.82. The highest BCUT2D eigenvalue weighted by Crippen LogP contribution is 2.65. The Hall–Kier alpha value is -1.50. The molecule has 0 unspecified atom stereocenters. The number of hydrogen-bond acceptors (Lipinski definition) is 1. The maximum absolute atomic E-state index is 5.24. The number of ether oxygens (including phenoxy) is 1. The summed E-state index contributed by atoms with van der Waals surface area (Å²) in [4.78, 5) is 0. The lowest BCUT2D eigenvalue weighted by atomic mass is 9.45. The predicted molar refractivity (Wildman–Crippen MR) is 87.2 cm³/mol. The van der Waals surface area contributed by atoms with E-state index >= 15 is 0 Å². The maximum atomic E-state index is 5.24. The zero-order chi connectivity index (χ0) is 14.6. The van der Waals surface area contributed by atoms with Gasteiger partial charge >= 0.3 is 0 Å². The molecule has 0 saturated heterocycles. The van der Waals surface area contributed by atoms with Crippen LogP contribution in [0.2, 0.25) is 0 Å². The van der Waals surface area contributed by atoms with E-state index in [4.69, 9.17) is 4.74 Å². The summed E-state index contributed by atoms with van der Waals surface area (Å²) in [6.45, 7) is 4.93. The molecule has 3 fully saturated rings. The van der Waals surface area contributed by atoms with E-state index in [1.807, 2.05) is 0 Å². The van der Waals surface area contributed by atoms with Gasteiger partial charge in [0.1, 0.15) is 5.75 Å². The zero-order valence-electron chi connectivity index (χ0n) is 13.2. The molecule has 1 nitrogen and oxygen atoms in total. The van der Waals surface area contributed by atoms with Gasteiger partial charge in [-0.1, -0.05) is 49.3 Å². The average Bonchev–Trinajstić information content (AvgIpc) is 2.91. The van der Waals surface area contributed by atoms with Crippen molar-refractivity contribution < 1.29 is 4.74 Å². The van der Waals surface area contributed by atoms with Crippen molar-refractivity contribution in [1.82, 2.24) is 0 Å². The van der Waals surface area contributed by atoms with Crippen molar-refractivity contribution in [2.45, 2.75) is 33.1 Å². The summed E-state index contributed by atoms with van der Waals surface area (Å²) in [7, 11) is 1.72. The van der Waals surface area contributed by atoms with Gasteiger partial charge in [0.2, 0.25) is 0 Å². The van der Waals surface area contributed by atoms with Gasteiger partial charge in [-0.3, -0.25) is 0 Å². The van der Waals surface area contributed by atoms with Crippen LogP contribution < -0.4 is 4.74 Å². The van der Waals surface area contributed by atoms with E-state index in [1.165, 1.54) is 18.4 Å². The lowest BCUT2D eigenvalue weighted by molar-refractivity contribution is -0.0397. The molecular formula is C20H24O.